The number of nitrogens with zero attached hydrogens (tertiary/aromatic N) is 1. The van der Waals surface area contributed by atoms with E-state index in [2.05, 4.69) is 11.5 Å². The average Bonchev–Trinajstić information content (AvgIpc) is 2.02. The standard InChI is InChI=1S/C9H18NO3.ClH/c1-6-8(10(3,4)5)12-13-9(11)7-2;/h7-8H,2,6H2,1,3-5H3;1H/q+1;/p-1. The van der Waals surface area contributed by atoms with Gasteiger partial charge >= 0.3 is 5.97 Å². The highest BCUT2D eigenvalue weighted by molar-refractivity contribution is 5.80. The number of carbonyl (C=O) groups is 1. The van der Waals surface area contributed by atoms with Crippen LogP contribution in [-0.4, -0.2) is 37.8 Å². The molecule has 0 amide bonds. The molecule has 0 aliphatic carbocycles. The molecular weight excluding hydrogens is 206 g/mol. The summed E-state index contributed by atoms with van der Waals surface area (Å²) in [6.45, 7) is 5.24. The van der Waals surface area contributed by atoms with Gasteiger partial charge in [0.2, 0.25) is 6.23 Å². The van der Waals surface area contributed by atoms with Crippen molar-refractivity contribution < 1.29 is 31.5 Å². The van der Waals surface area contributed by atoms with Crippen molar-refractivity contribution in [3.8, 4) is 0 Å². The van der Waals surface area contributed by atoms with Crippen LogP contribution in [0.3, 0.4) is 0 Å². The first kappa shape index (κ1) is 15.9. The molecule has 0 aromatic heterocycles. The van der Waals surface area contributed by atoms with Crippen molar-refractivity contribution in [2.75, 3.05) is 21.1 Å². The fourth-order valence-corrected chi connectivity index (χ4v) is 0.882. The lowest BCUT2D eigenvalue weighted by atomic mass is 10.3. The Morgan fingerprint density at radius 3 is 2.29 bits per heavy atom. The van der Waals surface area contributed by atoms with E-state index in [4.69, 9.17) is 4.89 Å². The highest BCUT2D eigenvalue weighted by atomic mass is 35.5. The predicted molar refractivity (Wildman–Crippen MR) is 49.5 cm³/mol. The fourth-order valence-electron chi connectivity index (χ4n) is 0.882. The maximum atomic E-state index is 10.7. The Balaban J connectivity index is 0. The fraction of sp³-hybridized carbons (Fsp3) is 0.667. The topological polar surface area (TPSA) is 35.5 Å². The van der Waals surface area contributed by atoms with Crippen molar-refractivity contribution in [1.82, 2.24) is 0 Å². The van der Waals surface area contributed by atoms with Crippen molar-refractivity contribution in [3.63, 3.8) is 0 Å². The lowest BCUT2D eigenvalue weighted by molar-refractivity contribution is -0.929. The summed E-state index contributed by atoms with van der Waals surface area (Å²) in [6, 6.07) is 0. The van der Waals surface area contributed by atoms with E-state index in [1.807, 2.05) is 28.1 Å². The van der Waals surface area contributed by atoms with Gasteiger partial charge in [0, 0.05) is 12.5 Å². The molecule has 0 aromatic carbocycles. The van der Waals surface area contributed by atoms with Gasteiger partial charge in [0.1, 0.15) is 0 Å². The van der Waals surface area contributed by atoms with Crippen molar-refractivity contribution in [1.29, 1.82) is 0 Å². The van der Waals surface area contributed by atoms with E-state index in [0.717, 1.165) is 12.5 Å². The zero-order valence-corrected chi connectivity index (χ0v) is 9.87. The number of carbonyl (C=O) groups excluding carboxylic acids is 1. The zero-order valence-electron chi connectivity index (χ0n) is 9.12. The highest BCUT2D eigenvalue weighted by Gasteiger charge is 2.24. The van der Waals surface area contributed by atoms with Crippen LogP contribution in [0.5, 0.6) is 0 Å². The second-order valence-corrected chi connectivity index (χ2v) is 3.68. The van der Waals surface area contributed by atoms with Gasteiger partial charge in [-0.3, -0.25) is 4.89 Å². The van der Waals surface area contributed by atoms with Crippen molar-refractivity contribution in [2.24, 2.45) is 0 Å². The monoisotopic (exact) mass is 223 g/mol. The van der Waals surface area contributed by atoms with Gasteiger partial charge in [-0.1, -0.05) is 13.5 Å². The second-order valence-electron chi connectivity index (χ2n) is 3.68. The van der Waals surface area contributed by atoms with Crippen LogP contribution in [0, 0.1) is 0 Å². The molecule has 14 heavy (non-hydrogen) atoms. The number of halogens is 1. The Morgan fingerprint density at radius 1 is 1.50 bits per heavy atom. The molecule has 5 heteroatoms. The van der Waals surface area contributed by atoms with Gasteiger partial charge in [0.05, 0.1) is 21.1 Å². The summed E-state index contributed by atoms with van der Waals surface area (Å²) in [7, 11) is 5.90. The van der Waals surface area contributed by atoms with Crippen LogP contribution in [0.4, 0.5) is 0 Å². The minimum atomic E-state index is -0.563. The Morgan fingerprint density at radius 2 is 2.00 bits per heavy atom. The van der Waals surface area contributed by atoms with E-state index < -0.39 is 5.97 Å². The van der Waals surface area contributed by atoms with Crippen LogP contribution < -0.4 is 12.4 Å². The molecule has 0 fully saturated rings. The molecule has 0 saturated heterocycles. The zero-order chi connectivity index (χ0) is 10.5. The third-order valence-electron chi connectivity index (χ3n) is 1.62. The van der Waals surface area contributed by atoms with Crippen molar-refractivity contribution >= 4 is 5.97 Å². The minimum absolute atomic E-state index is 0. The maximum Gasteiger partial charge on any atom is 0.365 e. The summed E-state index contributed by atoms with van der Waals surface area (Å²) in [5.74, 6) is -0.563. The summed E-state index contributed by atoms with van der Waals surface area (Å²) in [4.78, 5) is 20.1. The van der Waals surface area contributed by atoms with Crippen LogP contribution in [-0.2, 0) is 14.6 Å². The Hall–Kier alpha value is -0.580. The quantitative estimate of drug-likeness (QED) is 0.180. The SMILES string of the molecule is C=CC(=O)OOC(CC)[N+](C)(C)C.[Cl-]. The summed E-state index contributed by atoms with van der Waals surface area (Å²) in [6.07, 6.45) is 1.69. The molecule has 84 valence electrons. The second kappa shape index (κ2) is 6.81. The first-order valence-electron chi connectivity index (χ1n) is 4.22. The van der Waals surface area contributed by atoms with Gasteiger partial charge in [-0.05, 0) is 0 Å². The molecule has 0 radical (unpaired) electrons. The summed E-state index contributed by atoms with van der Waals surface area (Å²) >= 11 is 0. The first-order valence-corrected chi connectivity index (χ1v) is 4.22. The molecule has 0 aliphatic heterocycles. The van der Waals surface area contributed by atoms with Crippen LogP contribution >= 0.6 is 0 Å². The van der Waals surface area contributed by atoms with Crippen molar-refractivity contribution in [3.05, 3.63) is 12.7 Å². The normalized spacial score (nSPS) is 12.6. The molecule has 0 heterocycles. The van der Waals surface area contributed by atoms with Gasteiger partial charge in [-0.15, -0.1) is 4.89 Å². The Labute approximate surface area is 91.4 Å². The molecule has 0 aliphatic rings. The average molecular weight is 224 g/mol. The first-order chi connectivity index (χ1) is 5.91. The maximum absolute atomic E-state index is 10.7. The summed E-state index contributed by atoms with van der Waals surface area (Å²) < 4.78 is 0.584. The molecule has 0 saturated carbocycles. The largest absolute Gasteiger partial charge is 1.00 e. The van der Waals surface area contributed by atoms with Crippen LogP contribution in [0.25, 0.3) is 0 Å². The number of hydrogen-bond acceptors (Lipinski definition) is 3. The van der Waals surface area contributed by atoms with E-state index in [-0.39, 0.29) is 18.6 Å². The number of hydrogen-bond donors (Lipinski definition) is 0. The summed E-state index contributed by atoms with van der Waals surface area (Å²) in [5.41, 5.74) is 0. The lowest BCUT2D eigenvalue weighted by Crippen LogP contribution is -3.00. The molecule has 0 rings (SSSR count). The van der Waals surface area contributed by atoms with E-state index >= 15 is 0 Å². The van der Waals surface area contributed by atoms with Gasteiger partial charge in [-0.2, -0.15) is 0 Å². The molecule has 0 bridgehead atoms. The summed E-state index contributed by atoms with van der Waals surface area (Å²) in [5, 5.41) is 0. The number of rotatable bonds is 5. The Kier molecular flexibility index (Phi) is 7.72. The lowest BCUT2D eigenvalue weighted by Gasteiger charge is -2.30. The smallest absolute Gasteiger partial charge is 0.365 e. The van der Waals surface area contributed by atoms with E-state index in [1.54, 1.807) is 0 Å². The van der Waals surface area contributed by atoms with E-state index in [1.165, 1.54) is 0 Å². The molecular formula is C9H18ClNO3. The third-order valence-corrected chi connectivity index (χ3v) is 1.62. The third kappa shape index (κ3) is 5.96. The van der Waals surface area contributed by atoms with Gasteiger partial charge < -0.3 is 16.9 Å². The molecule has 4 nitrogen and oxygen atoms in total. The molecule has 1 atom stereocenters. The van der Waals surface area contributed by atoms with E-state index in [9.17, 15) is 4.79 Å². The van der Waals surface area contributed by atoms with Crippen LogP contribution in [0.2, 0.25) is 0 Å². The molecule has 0 N–H and O–H groups in total. The van der Waals surface area contributed by atoms with Crippen LogP contribution in [0.1, 0.15) is 13.3 Å². The van der Waals surface area contributed by atoms with E-state index in [0.29, 0.717) is 4.48 Å². The van der Waals surface area contributed by atoms with Crippen molar-refractivity contribution in [2.45, 2.75) is 19.6 Å². The van der Waals surface area contributed by atoms with Gasteiger partial charge in [0.25, 0.3) is 0 Å². The van der Waals surface area contributed by atoms with Gasteiger partial charge in [-0.25, -0.2) is 4.79 Å². The minimum Gasteiger partial charge on any atom is -1.00 e. The molecule has 0 spiro atoms. The van der Waals surface area contributed by atoms with Crippen LogP contribution in [0.15, 0.2) is 12.7 Å². The predicted octanol–water partition coefficient (Wildman–Crippen LogP) is -1.91. The molecule has 0 aromatic rings. The van der Waals surface area contributed by atoms with Gasteiger partial charge in [0.15, 0.2) is 0 Å². The highest BCUT2D eigenvalue weighted by Crippen LogP contribution is 2.09. The Bertz CT molecular complexity index is 189. The molecule has 1 unspecified atom stereocenters. The number of quaternary nitrogens is 1.